The predicted octanol–water partition coefficient (Wildman–Crippen LogP) is 3.28. The molecule has 1 aliphatic heterocycles. The van der Waals surface area contributed by atoms with Gasteiger partial charge in [-0.1, -0.05) is 0 Å². The molecule has 0 saturated carbocycles. The second-order valence-corrected chi connectivity index (χ2v) is 5.50. The number of allylic oxidation sites excluding steroid dienone is 1. The van der Waals surface area contributed by atoms with E-state index in [1.54, 1.807) is 38.1 Å². The van der Waals surface area contributed by atoms with E-state index < -0.39 is 18.0 Å². The predicted molar refractivity (Wildman–Crippen MR) is 87.8 cm³/mol. The van der Waals surface area contributed by atoms with Gasteiger partial charge in [-0.25, -0.2) is 14.0 Å². The number of esters is 1. The highest BCUT2D eigenvalue weighted by Gasteiger charge is 2.34. The van der Waals surface area contributed by atoms with Crippen molar-refractivity contribution in [2.24, 2.45) is 0 Å². The highest BCUT2D eigenvalue weighted by atomic mass is 19.1. The number of halogens is 1. The first-order chi connectivity index (χ1) is 12.0. The van der Waals surface area contributed by atoms with Gasteiger partial charge in [-0.3, -0.25) is 0 Å². The molecule has 130 valence electrons. The van der Waals surface area contributed by atoms with Crippen LogP contribution in [-0.4, -0.2) is 18.6 Å². The molecule has 0 aliphatic carbocycles. The van der Waals surface area contributed by atoms with Crippen LogP contribution in [0, 0.1) is 5.82 Å². The van der Waals surface area contributed by atoms with Crippen LogP contribution in [0.5, 0.6) is 0 Å². The molecule has 0 fully saturated rings. The van der Waals surface area contributed by atoms with E-state index in [-0.39, 0.29) is 18.0 Å². The van der Waals surface area contributed by atoms with Crippen molar-refractivity contribution >= 4 is 12.0 Å². The molecule has 0 spiro atoms. The molecule has 1 aliphatic rings. The maximum Gasteiger partial charge on any atom is 0.338 e. The normalized spacial score (nSPS) is 17.1. The van der Waals surface area contributed by atoms with Crippen LogP contribution < -0.4 is 10.6 Å². The van der Waals surface area contributed by atoms with Crippen molar-refractivity contribution < 1.29 is 23.1 Å². The van der Waals surface area contributed by atoms with E-state index in [0.29, 0.717) is 22.8 Å². The first-order valence-electron chi connectivity index (χ1n) is 7.80. The summed E-state index contributed by atoms with van der Waals surface area (Å²) in [5.41, 5.74) is 1.37. The van der Waals surface area contributed by atoms with Crippen molar-refractivity contribution in [1.29, 1.82) is 0 Å². The monoisotopic (exact) mass is 344 g/mol. The first-order valence-corrected chi connectivity index (χ1v) is 7.80. The van der Waals surface area contributed by atoms with Crippen LogP contribution in [0.3, 0.4) is 0 Å². The molecule has 0 saturated heterocycles. The molecule has 3 rings (SSSR count). The van der Waals surface area contributed by atoms with E-state index >= 15 is 0 Å². The number of hydrogen-bond donors (Lipinski definition) is 2. The van der Waals surface area contributed by atoms with Crippen molar-refractivity contribution in [1.82, 2.24) is 10.6 Å². The Morgan fingerprint density at radius 3 is 2.64 bits per heavy atom. The first kappa shape index (κ1) is 16.8. The number of ether oxygens (including phenoxy) is 1. The Balaban J connectivity index is 1.96. The van der Waals surface area contributed by atoms with Gasteiger partial charge in [-0.05, 0) is 50.2 Å². The Bertz CT molecular complexity index is 839. The van der Waals surface area contributed by atoms with Crippen LogP contribution in [-0.2, 0) is 9.53 Å². The van der Waals surface area contributed by atoms with Crippen molar-refractivity contribution in [3.8, 4) is 11.3 Å². The summed E-state index contributed by atoms with van der Waals surface area (Å²) >= 11 is 0. The molecule has 1 aromatic heterocycles. The summed E-state index contributed by atoms with van der Waals surface area (Å²) in [5.74, 6) is 0.0155. The number of carbonyl (C=O) groups excluding carboxylic acids is 2. The Kier molecular flexibility index (Phi) is 4.56. The Morgan fingerprint density at radius 1 is 1.24 bits per heavy atom. The zero-order chi connectivity index (χ0) is 18.0. The lowest BCUT2D eigenvalue weighted by atomic mass is 10.0. The molecule has 2 heterocycles. The minimum atomic E-state index is -0.762. The molecule has 0 radical (unpaired) electrons. The summed E-state index contributed by atoms with van der Waals surface area (Å²) in [6, 6.07) is 8.02. The number of urea groups is 1. The largest absolute Gasteiger partial charge is 0.463 e. The van der Waals surface area contributed by atoms with E-state index in [9.17, 15) is 14.0 Å². The Labute approximate surface area is 143 Å². The van der Waals surface area contributed by atoms with Crippen LogP contribution in [0.1, 0.15) is 25.6 Å². The molecule has 2 aromatic rings. The zero-order valence-corrected chi connectivity index (χ0v) is 13.8. The quantitative estimate of drug-likeness (QED) is 0.834. The topological polar surface area (TPSA) is 80.6 Å². The number of nitrogens with one attached hydrogen (secondary N) is 2. The van der Waals surface area contributed by atoms with Gasteiger partial charge in [0.15, 0.2) is 0 Å². The molecular weight excluding hydrogens is 327 g/mol. The van der Waals surface area contributed by atoms with Gasteiger partial charge in [0.1, 0.15) is 23.4 Å². The molecule has 2 N–H and O–H groups in total. The highest BCUT2D eigenvalue weighted by molar-refractivity contribution is 5.94. The van der Waals surface area contributed by atoms with E-state index in [1.807, 2.05) is 0 Å². The van der Waals surface area contributed by atoms with Crippen LogP contribution in [0.15, 0.2) is 52.1 Å². The third-order valence-electron chi connectivity index (χ3n) is 3.80. The summed E-state index contributed by atoms with van der Waals surface area (Å²) in [4.78, 5) is 24.1. The van der Waals surface area contributed by atoms with Gasteiger partial charge in [0.25, 0.3) is 0 Å². The maximum atomic E-state index is 13.1. The molecule has 2 amide bonds. The second-order valence-electron chi connectivity index (χ2n) is 5.50. The second kappa shape index (κ2) is 6.80. The molecule has 25 heavy (non-hydrogen) atoms. The molecule has 7 heteroatoms. The standard InChI is InChI=1S/C18H17FN2O4/c1-3-24-17(22)15-10(2)20-18(23)21-16(15)14-9-8-13(25-14)11-4-6-12(19)7-5-11/h4-9,16H,3H2,1-2H3,(H2,20,21,23)/t16-/m1/s1. The summed E-state index contributed by atoms with van der Waals surface area (Å²) in [7, 11) is 0. The molecule has 0 unspecified atom stereocenters. The lowest BCUT2D eigenvalue weighted by Crippen LogP contribution is -2.45. The fourth-order valence-corrected chi connectivity index (χ4v) is 2.66. The molecule has 1 aromatic carbocycles. The number of rotatable bonds is 4. The van der Waals surface area contributed by atoms with Gasteiger partial charge in [0.05, 0.1) is 12.2 Å². The van der Waals surface area contributed by atoms with E-state index in [2.05, 4.69) is 10.6 Å². The van der Waals surface area contributed by atoms with Gasteiger partial charge in [0.2, 0.25) is 0 Å². The number of hydrogen-bond acceptors (Lipinski definition) is 4. The van der Waals surface area contributed by atoms with Crippen molar-refractivity contribution in [3.63, 3.8) is 0 Å². The van der Waals surface area contributed by atoms with E-state index in [0.717, 1.165) is 0 Å². The van der Waals surface area contributed by atoms with Crippen LogP contribution in [0.2, 0.25) is 0 Å². The molecule has 1 atom stereocenters. The van der Waals surface area contributed by atoms with Gasteiger partial charge in [0, 0.05) is 11.3 Å². The SMILES string of the molecule is CCOC(=O)C1=C(C)NC(=O)N[C@@H]1c1ccc(-c2ccc(F)cc2)o1. The average molecular weight is 344 g/mol. The number of carbonyl (C=O) groups is 2. The molecule has 0 bridgehead atoms. The lowest BCUT2D eigenvalue weighted by Gasteiger charge is -2.26. The van der Waals surface area contributed by atoms with Crippen molar-refractivity contribution in [2.75, 3.05) is 6.61 Å². The number of benzene rings is 1. The van der Waals surface area contributed by atoms with Gasteiger partial charge < -0.3 is 19.8 Å². The summed E-state index contributed by atoms with van der Waals surface area (Å²) in [5, 5.41) is 5.22. The molecule has 6 nitrogen and oxygen atoms in total. The summed E-state index contributed by atoms with van der Waals surface area (Å²) in [6.45, 7) is 3.55. The van der Waals surface area contributed by atoms with Gasteiger partial charge in [-0.15, -0.1) is 0 Å². The Morgan fingerprint density at radius 2 is 1.96 bits per heavy atom. The smallest absolute Gasteiger partial charge is 0.338 e. The van der Waals surface area contributed by atoms with E-state index in [1.165, 1.54) is 12.1 Å². The third-order valence-corrected chi connectivity index (χ3v) is 3.80. The average Bonchev–Trinajstić information content (AvgIpc) is 3.04. The van der Waals surface area contributed by atoms with Crippen LogP contribution in [0.4, 0.5) is 9.18 Å². The number of furan rings is 1. The summed E-state index contributed by atoms with van der Waals surface area (Å²) in [6.07, 6.45) is 0. The fourth-order valence-electron chi connectivity index (χ4n) is 2.66. The third kappa shape index (κ3) is 3.40. The Hall–Kier alpha value is -3.09. The minimum Gasteiger partial charge on any atom is -0.463 e. The summed E-state index contributed by atoms with van der Waals surface area (Å²) < 4.78 is 23.9. The highest BCUT2D eigenvalue weighted by Crippen LogP contribution is 2.32. The molecular formula is C18H17FN2O4. The fraction of sp³-hybridized carbons (Fsp3) is 0.222. The van der Waals surface area contributed by atoms with Gasteiger partial charge >= 0.3 is 12.0 Å². The van der Waals surface area contributed by atoms with Crippen molar-refractivity contribution in [2.45, 2.75) is 19.9 Å². The van der Waals surface area contributed by atoms with E-state index in [4.69, 9.17) is 9.15 Å². The van der Waals surface area contributed by atoms with Crippen LogP contribution >= 0.6 is 0 Å². The maximum absolute atomic E-state index is 13.1. The zero-order valence-electron chi connectivity index (χ0n) is 13.8. The minimum absolute atomic E-state index is 0.218. The van der Waals surface area contributed by atoms with Gasteiger partial charge in [-0.2, -0.15) is 0 Å². The van der Waals surface area contributed by atoms with Crippen molar-refractivity contribution in [3.05, 3.63) is 59.2 Å². The lowest BCUT2D eigenvalue weighted by molar-refractivity contribution is -0.139. The number of amides is 2. The van der Waals surface area contributed by atoms with Crippen LogP contribution in [0.25, 0.3) is 11.3 Å².